The van der Waals surface area contributed by atoms with Crippen LogP contribution in [-0.4, -0.2) is 23.0 Å². The predicted molar refractivity (Wildman–Crippen MR) is 132 cm³/mol. The number of amides is 1. The fourth-order valence-electron chi connectivity index (χ4n) is 3.04. The Balaban J connectivity index is 3.61. The Hall–Kier alpha value is -2.10. The van der Waals surface area contributed by atoms with Crippen LogP contribution in [-0.2, 0) is 9.59 Å². The van der Waals surface area contributed by atoms with Crippen molar-refractivity contribution in [2.75, 3.05) is 0 Å². The molecular weight excluding hydrogens is 386 g/mol. The largest absolute Gasteiger partial charge is 0.480 e. The van der Waals surface area contributed by atoms with E-state index >= 15 is 0 Å². The maximum Gasteiger partial charge on any atom is 0.326 e. The summed E-state index contributed by atoms with van der Waals surface area (Å²) >= 11 is 0. The van der Waals surface area contributed by atoms with Crippen LogP contribution < -0.4 is 5.32 Å². The molecular formula is C27H45NO3. The van der Waals surface area contributed by atoms with Gasteiger partial charge >= 0.3 is 5.97 Å². The van der Waals surface area contributed by atoms with Gasteiger partial charge < -0.3 is 10.4 Å². The molecule has 0 rings (SSSR count). The number of carbonyl (C=O) groups is 2. The number of allylic oxidation sites excluding steroid dienone is 8. The molecule has 0 saturated carbocycles. The van der Waals surface area contributed by atoms with E-state index in [0.717, 1.165) is 44.9 Å². The van der Waals surface area contributed by atoms with Crippen LogP contribution in [0.2, 0.25) is 0 Å². The minimum atomic E-state index is -0.969. The molecule has 0 aliphatic rings. The fraction of sp³-hybridized carbons (Fsp3) is 0.630. The molecule has 0 radical (unpaired) electrons. The zero-order valence-corrected chi connectivity index (χ0v) is 20.0. The Bertz CT molecular complexity index is 573. The van der Waals surface area contributed by atoms with Crippen LogP contribution >= 0.6 is 0 Å². The fourth-order valence-corrected chi connectivity index (χ4v) is 3.04. The van der Waals surface area contributed by atoms with E-state index < -0.39 is 12.0 Å². The van der Waals surface area contributed by atoms with Crippen molar-refractivity contribution in [3.8, 4) is 0 Å². The highest BCUT2D eigenvalue weighted by Gasteiger charge is 2.22. The Morgan fingerprint density at radius 3 is 1.68 bits per heavy atom. The minimum Gasteiger partial charge on any atom is -0.480 e. The van der Waals surface area contributed by atoms with Gasteiger partial charge in [-0.25, -0.2) is 4.79 Å². The van der Waals surface area contributed by atoms with Crippen molar-refractivity contribution in [3.05, 3.63) is 48.6 Å². The third-order valence-electron chi connectivity index (χ3n) is 4.98. The highest BCUT2D eigenvalue weighted by atomic mass is 16.4. The van der Waals surface area contributed by atoms with Crippen LogP contribution in [0.25, 0.3) is 0 Å². The molecule has 176 valence electrons. The molecule has 4 heteroatoms. The molecule has 0 aliphatic heterocycles. The Morgan fingerprint density at radius 1 is 0.742 bits per heavy atom. The topological polar surface area (TPSA) is 66.4 Å². The number of hydrogen-bond acceptors (Lipinski definition) is 2. The summed E-state index contributed by atoms with van der Waals surface area (Å²) in [4.78, 5) is 22.9. The van der Waals surface area contributed by atoms with Gasteiger partial charge in [-0.3, -0.25) is 4.79 Å². The molecule has 1 amide bonds. The third-order valence-corrected chi connectivity index (χ3v) is 4.98. The third kappa shape index (κ3) is 19.6. The van der Waals surface area contributed by atoms with Crippen molar-refractivity contribution in [1.82, 2.24) is 5.32 Å². The standard InChI is InChI=1S/C27H45NO3/c1-4-5-6-7-8-9-10-11-12-13-14-15-16-17-18-19-20-21-22-23-25(29)28-26(24(2)3)27(30)31/h8-9,11-12,14-15,17-18,24,26H,4-7,10,13,16,19-23H2,1-3H3,(H,28,29)(H,30,31)/b9-8-,12-11-,15-14-,18-17-/t26-/m0/s1. The number of rotatable bonds is 19. The summed E-state index contributed by atoms with van der Waals surface area (Å²) in [5.74, 6) is -1.25. The summed E-state index contributed by atoms with van der Waals surface area (Å²) in [5, 5.41) is 11.7. The second-order valence-corrected chi connectivity index (χ2v) is 8.32. The van der Waals surface area contributed by atoms with Crippen LogP contribution in [0.5, 0.6) is 0 Å². The summed E-state index contributed by atoms with van der Waals surface area (Å²) in [7, 11) is 0. The number of hydrogen-bond donors (Lipinski definition) is 2. The Kier molecular flexibility index (Phi) is 19.7. The summed E-state index contributed by atoms with van der Waals surface area (Å²) in [6.45, 7) is 5.83. The molecule has 4 nitrogen and oxygen atoms in total. The molecule has 0 aromatic rings. The molecule has 2 N–H and O–H groups in total. The SMILES string of the molecule is CCCCC/C=C\C/C=C\C/C=C\C/C=C\CCCCCC(=O)N[C@H](C(=O)O)C(C)C. The minimum absolute atomic E-state index is 0.112. The number of carbonyl (C=O) groups excluding carboxylic acids is 1. The van der Waals surface area contributed by atoms with Crippen molar-refractivity contribution in [2.24, 2.45) is 5.92 Å². The monoisotopic (exact) mass is 431 g/mol. The van der Waals surface area contributed by atoms with E-state index in [-0.39, 0.29) is 11.8 Å². The number of unbranched alkanes of at least 4 members (excludes halogenated alkanes) is 6. The van der Waals surface area contributed by atoms with Gasteiger partial charge in [0, 0.05) is 6.42 Å². The highest BCUT2D eigenvalue weighted by Crippen LogP contribution is 2.07. The molecule has 0 heterocycles. The van der Waals surface area contributed by atoms with Crippen molar-refractivity contribution in [2.45, 2.75) is 104 Å². The predicted octanol–water partition coefficient (Wildman–Crippen LogP) is 7.14. The molecule has 0 aromatic heterocycles. The quantitative estimate of drug-likeness (QED) is 0.169. The molecule has 0 spiro atoms. The van der Waals surface area contributed by atoms with Gasteiger partial charge in [-0.1, -0.05) is 88.6 Å². The van der Waals surface area contributed by atoms with Gasteiger partial charge in [0.1, 0.15) is 6.04 Å². The van der Waals surface area contributed by atoms with E-state index in [0.29, 0.717) is 6.42 Å². The molecule has 31 heavy (non-hydrogen) atoms. The summed E-state index contributed by atoms with van der Waals surface area (Å²) in [6.07, 6.45) is 30.1. The molecule has 0 fully saturated rings. The Morgan fingerprint density at radius 2 is 1.23 bits per heavy atom. The van der Waals surface area contributed by atoms with Crippen molar-refractivity contribution < 1.29 is 14.7 Å². The van der Waals surface area contributed by atoms with Crippen LogP contribution in [0.15, 0.2) is 48.6 Å². The van der Waals surface area contributed by atoms with Gasteiger partial charge in [-0.2, -0.15) is 0 Å². The first-order chi connectivity index (χ1) is 15.0. The molecule has 0 saturated heterocycles. The van der Waals surface area contributed by atoms with Gasteiger partial charge in [0.05, 0.1) is 0 Å². The van der Waals surface area contributed by atoms with E-state index in [4.69, 9.17) is 5.11 Å². The molecule has 0 aromatic carbocycles. The first kappa shape index (κ1) is 28.9. The molecule has 0 unspecified atom stereocenters. The average molecular weight is 432 g/mol. The first-order valence-corrected chi connectivity index (χ1v) is 12.1. The maximum atomic E-state index is 11.8. The van der Waals surface area contributed by atoms with Crippen LogP contribution in [0, 0.1) is 5.92 Å². The zero-order valence-electron chi connectivity index (χ0n) is 20.0. The lowest BCUT2D eigenvalue weighted by molar-refractivity contribution is -0.143. The second kappa shape index (κ2) is 21.1. The van der Waals surface area contributed by atoms with Gasteiger partial charge in [0.15, 0.2) is 0 Å². The van der Waals surface area contributed by atoms with Crippen molar-refractivity contribution in [3.63, 3.8) is 0 Å². The maximum absolute atomic E-state index is 11.8. The Labute approximate surface area is 190 Å². The molecule has 0 aliphatic carbocycles. The smallest absolute Gasteiger partial charge is 0.326 e. The van der Waals surface area contributed by atoms with Gasteiger partial charge in [0.25, 0.3) is 0 Å². The van der Waals surface area contributed by atoms with Crippen molar-refractivity contribution >= 4 is 11.9 Å². The summed E-state index contributed by atoms with van der Waals surface area (Å²) in [6, 6.07) is -0.795. The van der Waals surface area contributed by atoms with Gasteiger partial charge in [0.2, 0.25) is 5.91 Å². The van der Waals surface area contributed by atoms with Crippen LogP contribution in [0.1, 0.15) is 97.8 Å². The summed E-state index contributed by atoms with van der Waals surface area (Å²) < 4.78 is 0. The van der Waals surface area contributed by atoms with Crippen molar-refractivity contribution in [1.29, 1.82) is 0 Å². The van der Waals surface area contributed by atoms with E-state index in [1.54, 1.807) is 13.8 Å². The van der Waals surface area contributed by atoms with E-state index in [9.17, 15) is 9.59 Å². The molecule has 0 bridgehead atoms. The first-order valence-electron chi connectivity index (χ1n) is 12.1. The number of aliphatic carboxylic acids is 1. The lowest BCUT2D eigenvalue weighted by Crippen LogP contribution is -2.44. The number of carboxylic acid groups (broad SMARTS) is 1. The van der Waals surface area contributed by atoms with Crippen LogP contribution in [0.3, 0.4) is 0 Å². The van der Waals surface area contributed by atoms with E-state index in [1.165, 1.54) is 25.7 Å². The van der Waals surface area contributed by atoms with Gasteiger partial charge in [-0.15, -0.1) is 0 Å². The number of carboxylic acids is 1. The lowest BCUT2D eigenvalue weighted by Gasteiger charge is -2.17. The second-order valence-electron chi connectivity index (χ2n) is 8.32. The zero-order chi connectivity index (χ0) is 23.2. The molecule has 1 atom stereocenters. The average Bonchev–Trinajstić information content (AvgIpc) is 2.73. The highest BCUT2D eigenvalue weighted by molar-refractivity contribution is 5.83. The summed E-state index contributed by atoms with van der Waals surface area (Å²) in [5.41, 5.74) is 0. The van der Waals surface area contributed by atoms with E-state index in [1.807, 2.05) is 0 Å². The normalized spacial score (nSPS) is 13.3. The number of nitrogens with one attached hydrogen (secondary N) is 1. The van der Waals surface area contributed by atoms with E-state index in [2.05, 4.69) is 60.8 Å². The van der Waals surface area contributed by atoms with Gasteiger partial charge in [-0.05, 0) is 57.3 Å². The lowest BCUT2D eigenvalue weighted by atomic mass is 10.0. The van der Waals surface area contributed by atoms with Crippen LogP contribution in [0.4, 0.5) is 0 Å².